The predicted octanol–water partition coefficient (Wildman–Crippen LogP) is 2.44. The van der Waals surface area contributed by atoms with E-state index in [1.807, 2.05) is 16.7 Å². The van der Waals surface area contributed by atoms with Crippen molar-refractivity contribution in [3.05, 3.63) is 23.5 Å². The molecule has 2 rings (SSSR count). The number of benzene rings is 1. The summed E-state index contributed by atoms with van der Waals surface area (Å²) in [6.07, 6.45) is 0. The van der Waals surface area contributed by atoms with Crippen LogP contribution in [0.2, 0.25) is 0 Å². The maximum atomic E-state index is 13.8. The minimum Gasteiger partial charge on any atom is -0.478 e. The van der Waals surface area contributed by atoms with Crippen LogP contribution < -0.4 is 10.6 Å². The number of thioether (sulfide) groups is 1. The van der Waals surface area contributed by atoms with Crippen LogP contribution in [0.1, 0.15) is 24.2 Å². The smallest absolute Gasteiger partial charge is 0.338 e. The van der Waals surface area contributed by atoms with Gasteiger partial charge in [0.25, 0.3) is 0 Å². The fourth-order valence-corrected chi connectivity index (χ4v) is 3.35. The minimum absolute atomic E-state index is 0.0760. The second-order valence-electron chi connectivity index (χ2n) is 5.23. The van der Waals surface area contributed by atoms with Crippen LogP contribution in [0.5, 0.6) is 0 Å². The zero-order valence-electron chi connectivity index (χ0n) is 10.9. The van der Waals surface area contributed by atoms with E-state index < -0.39 is 11.8 Å². The first-order valence-electron chi connectivity index (χ1n) is 6.01. The second-order valence-corrected chi connectivity index (χ2v) is 7.03. The van der Waals surface area contributed by atoms with Crippen molar-refractivity contribution in [1.29, 1.82) is 0 Å². The standard InChI is InChI=1S/C13H17FN2O2S/c1-13(2)7-16(3-4-19-13)11-6-9(14)8(12(17)18)5-10(11)15/h5-6H,3-4,7,15H2,1-2H3,(H,17,18). The Balaban J connectivity index is 2.35. The van der Waals surface area contributed by atoms with E-state index in [2.05, 4.69) is 13.8 Å². The van der Waals surface area contributed by atoms with Gasteiger partial charge in [-0.05, 0) is 19.9 Å². The highest BCUT2D eigenvalue weighted by Gasteiger charge is 2.28. The molecule has 1 saturated heterocycles. The molecule has 0 saturated carbocycles. The second kappa shape index (κ2) is 4.92. The van der Waals surface area contributed by atoms with Gasteiger partial charge in [-0.2, -0.15) is 11.8 Å². The SMILES string of the molecule is CC1(C)CN(c2cc(F)c(C(=O)O)cc2N)CCS1. The number of nitrogen functional groups attached to an aromatic ring is 1. The van der Waals surface area contributed by atoms with Crippen LogP contribution in [0.4, 0.5) is 15.8 Å². The third-order valence-electron chi connectivity index (χ3n) is 3.11. The summed E-state index contributed by atoms with van der Waals surface area (Å²) in [6.45, 7) is 5.79. The highest BCUT2D eigenvalue weighted by atomic mass is 32.2. The molecule has 0 amide bonds. The van der Waals surface area contributed by atoms with Crippen molar-refractivity contribution in [1.82, 2.24) is 0 Å². The maximum absolute atomic E-state index is 13.8. The number of carboxylic acids is 1. The van der Waals surface area contributed by atoms with E-state index in [0.29, 0.717) is 11.4 Å². The number of aromatic carboxylic acids is 1. The van der Waals surface area contributed by atoms with Gasteiger partial charge in [-0.1, -0.05) is 0 Å². The molecular weight excluding hydrogens is 267 g/mol. The van der Waals surface area contributed by atoms with Gasteiger partial charge in [0.2, 0.25) is 0 Å². The number of carbonyl (C=O) groups is 1. The molecule has 1 aromatic rings. The first kappa shape index (κ1) is 14.0. The van der Waals surface area contributed by atoms with Crippen molar-refractivity contribution >= 4 is 29.1 Å². The largest absolute Gasteiger partial charge is 0.478 e. The highest BCUT2D eigenvalue weighted by molar-refractivity contribution is 8.00. The predicted molar refractivity (Wildman–Crippen MR) is 76.5 cm³/mol. The first-order chi connectivity index (χ1) is 8.80. The van der Waals surface area contributed by atoms with Gasteiger partial charge in [-0.15, -0.1) is 0 Å². The molecular formula is C13H17FN2O2S. The van der Waals surface area contributed by atoms with Crippen molar-refractivity contribution < 1.29 is 14.3 Å². The van der Waals surface area contributed by atoms with Gasteiger partial charge in [-0.3, -0.25) is 0 Å². The van der Waals surface area contributed by atoms with Crippen LogP contribution in [-0.4, -0.2) is 34.7 Å². The molecule has 6 heteroatoms. The van der Waals surface area contributed by atoms with E-state index in [1.54, 1.807) is 0 Å². The molecule has 0 aromatic heterocycles. The lowest BCUT2D eigenvalue weighted by atomic mass is 10.1. The quantitative estimate of drug-likeness (QED) is 0.817. The zero-order chi connectivity index (χ0) is 14.2. The van der Waals surface area contributed by atoms with Crippen molar-refractivity contribution in [3.63, 3.8) is 0 Å². The third-order valence-corrected chi connectivity index (χ3v) is 4.41. The number of hydrogen-bond donors (Lipinski definition) is 2. The fraction of sp³-hybridized carbons (Fsp3) is 0.462. The van der Waals surface area contributed by atoms with Crippen LogP contribution in [0.3, 0.4) is 0 Å². The van der Waals surface area contributed by atoms with Crippen LogP contribution >= 0.6 is 11.8 Å². The molecule has 1 aromatic carbocycles. The Labute approximate surface area is 115 Å². The van der Waals surface area contributed by atoms with Crippen molar-refractivity contribution in [3.8, 4) is 0 Å². The monoisotopic (exact) mass is 284 g/mol. The average Bonchev–Trinajstić information content (AvgIpc) is 2.30. The van der Waals surface area contributed by atoms with Crippen LogP contribution in [0.25, 0.3) is 0 Å². The molecule has 0 bridgehead atoms. The maximum Gasteiger partial charge on any atom is 0.338 e. The molecule has 3 N–H and O–H groups in total. The van der Waals surface area contributed by atoms with Gasteiger partial charge in [0, 0.05) is 29.7 Å². The summed E-state index contributed by atoms with van der Waals surface area (Å²) in [7, 11) is 0. The van der Waals surface area contributed by atoms with Gasteiger partial charge in [0.05, 0.1) is 16.9 Å². The Hall–Kier alpha value is -1.43. The number of rotatable bonds is 2. The van der Waals surface area contributed by atoms with E-state index >= 15 is 0 Å². The summed E-state index contributed by atoms with van der Waals surface area (Å²) in [6, 6.07) is 2.42. The van der Waals surface area contributed by atoms with Gasteiger partial charge in [0.15, 0.2) is 0 Å². The van der Waals surface area contributed by atoms with E-state index in [1.165, 1.54) is 12.1 Å². The molecule has 1 aliphatic heterocycles. The Morgan fingerprint density at radius 1 is 1.53 bits per heavy atom. The number of nitrogens with two attached hydrogens (primary N) is 1. The Morgan fingerprint density at radius 3 is 2.79 bits per heavy atom. The summed E-state index contributed by atoms with van der Waals surface area (Å²) < 4.78 is 13.8. The molecule has 0 atom stereocenters. The highest BCUT2D eigenvalue weighted by Crippen LogP contribution is 2.35. The van der Waals surface area contributed by atoms with Gasteiger partial charge in [0.1, 0.15) is 5.82 Å². The normalized spacial score (nSPS) is 18.4. The summed E-state index contributed by atoms with van der Waals surface area (Å²) in [4.78, 5) is 12.9. The average molecular weight is 284 g/mol. The zero-order valence-corrected chi connectivity index (χ0v) is 11.8. The van der Waals surface area contributed by atoms with Gasteiger partial charge < -0.3 is 15.7 Å². The molecule has 0 spiro atoms. The number of carboxylic acid groups (broad SMARTS) is 1. The van der Waals surface area contributed by atoms with Gasteiger partial charge >= 0.3 is 5.97 Å². The molecule has 1 fully saturated rings. The number of halogens is 1. The van der Waals surface area contributed by atoms with Crippen molar-refractivity contribution in [2.75, 3.05) is 29.5 Å². The minimum atomic E-state index is -1.30. The molecule has 1 aliphatic rings. The molecule has 104 valence electrons. The number of anilines is 2. The molecule has 19 heavy (non-hydrogen) atoms. The molecule has 4 nitrogen and oxygen atoms in total. The van der Waals surface area contributed by atoms with Gasteiger partial charge in [-0.25, -0.2) is 9.18 Å². The third kappa shape index (κ3) is 2.94. The van der Waals surface area contributed by atoms with E-state index in [4.69, 9.17) is 10.8 Å². The lowest BCUT2D eigenvalue weighted by molar-refractivity contribution is 0.0692. The van der Waals surface area contributed by atoms with Crippen LogP contribution in [0.15, 0.2) is 12.1 Å². The van der Waals surface area contributed by atoms with Crippen LogP contribution in [0, 0.1) is 5.82 Å². The van der Waals surface area contributed by atoms with E-state index in [0.717, 1.165) is 18.8 Å². The molecule has 1 heterocycles. The Bertz CT molecular complexity index is 520. The van der Waals surface area contributed by atoms with E-state index in [9.17, 15) is 9.18 Å². The first-order valence-corrected chi connectivity index (χ1v) is 7.00. The summed E-state index contributed by atoms with van der Waals surface area (Å²) in [5.74, 6) is -1.10. The number of hydrogen-bond acceptors (Lipinski definition) is 4. The topological polar surface area (TPSA) is 66.6 Å². The van der Waals surface area contributed by atoms with Crippen LogP contribution in [-0.2, 0) is 0 Å². The molecule has 0 radical (unpaired) electrons. The summed E-state index contributed by atoms with van der Waals surface area (Å²) >= 11 is 1.87. The van der Waals surface area contributed by atoms with Crippen molar-refractivity contribution in [2.45, 2.75) is 18.6 Å². The molecule has 0 aliphatic carbocycles. The lowest BCUT2D eigenvalue weighted by Crippen LogP contribution is -2.43. The lowest BCUT2D eigenvalue weighted by Gasteiger charge is -2.39. The molecule has 0 unspecified atom stereocenters. The number of nitrogens with zero attached hydrogens (tertiary/aromatic N) is 1. The van der Waals surface area contributed by atoms with Crippen molar-refractivity contribution in [2.24, 2.45) is 0 Å². The Kier molecular flexibility index (Phi) is 3.62. The Morgan fingerprint density at radius 2 is 2.21 bits per heavy atom. The summed E-state index contributed by atoms with van der Waals surface area (Å²) in [5, 5.41) is 8.86. The fourth-order valence-electron chi connectivity index (χ4n) is 2.24. The van der Waals surface area contributed by atoms with E-state index in [-0.39, 0.29) is 10.3 Å². The summed E-state index contributed by atoms with van der Waals surface area (Å²) in [5.41, 5.74) is 6.37.